The van der Waals surface area contributed by atoms with Crippen LogP contribution in [0.1, 0.15) is 25.7 Å². The Labute approximate surface area is 142 Å². The fourth-order valence-corrected chi connectivity index (χ4v) is 3.43. The summed E-state index contributed by atoms with van der Waals surface area (Å²) in [4.78, 5) is 14.2. The number of carbonyl (C=O) groups excluding carboxylic acids is 1. The van der Waals surface area contributed by atoms with E-state index in [9.17, 15) is 17.6 Å². The van der Waals surface area contributed by atoms with Crippen molar-refractivity contribution in [2.45, 2.75) is 31.7 Å². The number of piperidine rings is 1. The van der Waals surface area contributed by atoms with Gasteiger partial charge >= 0.3 is 0 Å². The first-order valence-corrected chi connectivity index (χ1v) is 9.97. The number of benzene rings is 1. The van der Waals surface area contributed by atoms with Crippen molar-refractivity contribution in [3.05, 3.63) is 30.1 Å². The number of carbonyl (C=O) groups is 1. The molecule has 134 valence electrons. The highest BCUT2D eigenvalue weighted by molar-refractivity contribution is 7.88. The molecule has 1 saturated heterocycles. The predicted octanol–water partition coefficient (Wildman–Crippen LogP) is 1.56. The van der Waals surface area contributed by atoms with E-state index in [1.807, 2.05) is 4.90 Å². The van der Waals surface area contributed by atoms with Crippen LogP contribution in [-0.4, -0.2) is 51.2 Å². The SMILES string of the molecule is CS(=O)(=O)NCCC1CCCCN1CC(=O)Nc1ccccc1F. The minimum Gasteiger partial charge on any atom is -0.322 e. The molecule has 1 unspecified atom stereocenters. The summed E-state index contributed by atoms with van der Waals surface area (Å²) in [5.41, 5.74) is 0.176. The van der Waals surface area contributed by atoms with E-state index in [2.05, 4.69) is 10.0 Å². The average Bonchev–Trinajstić information content (AvgIpc) is 2.50. The van der Waals surface area contributed by atoms with Crippen LogP contribution in [0.2, 0.25) is 0 Å². The number of nitrogens with zero attached hydrogens (tertiary/aromatic N) is 1. The van der Waals surface area contributed by atoms with Crippen LogP contribution in [-0.2, 0) is 14.8 Å². The second-order valence-electron chi connectivity index (χ2n) is 6.10. The minimum absolute atomic E-state index is 0.152. The summed E-state index contributed by atoms with van der Waals surface area (Å²) in [5, 5.41) is 2.59. The van der Waals surface area contributed by atoms with Crippen LogP contribution in [0.15, 0.2) is 24.3 Å². The van der Waals surface area contributed by atoms with Gasteiger partial charge in [-0.25, -0.2) is 17.5 Å². The number of nitrogens with one attached hydrogen (secondary N) is 2. The Morgan fingerprint density at radius 3 is 2.79 bits per heavy atom. The summed E-state index contributed by atoms with van der Waals surface area (Å²) in [6.07, 6.45) is 4.78. The molecule has 0 saturated carbocycles. The number of halogens is 1. The zero-order valence-electron chi connectivity index (χ0n) is 13.8. The van der Waals surface area contributed by atoms with E-state index >= 15 is 0 Å². The molecule has 1 aliphatic heterocycles. The molecule has 0 aromatic heterocycles. The quantitative estimate of drug-likeness (QED) is 0.776. The smallest absolute Gasteiger partial charge is 0.238 e. The molecule has 0 aliphatic carbocycles. The lowest BCUT2D eigenvalue weighted by molar-refractivity contribution is -0.118. The molecule has 6 nitrogen and oxygen atoms in total. The van der Waals surface area contributed by atoms with Crippen molar-refractivity contribution >= 4 is 21.6 Å². The Balaban J connectivity index is 1.88. The Hall–Kier alpha value is -1.51. The van der Waals surface area contributed by atoms with Gasteiger partial charge in [-0.1, -0.05) is 18.6 Å². The first kappa shape index (κ1) is 18.8. The van der Waals surface area contributed by atoms with Gasteiger partial charge in [-0.3, -0.25) is 9.69 Å². The van der Waals surface area contributed by atoms with Crippen LogP contribution in [0.25, 0.3) is 0 Å². The second-order valence-corrected chi connectivity index (χ2v) is 7.94. The van der Waals surface area contributed by atoms with Crippen LogP contribution in [0, 0.1) is 5.82 Å². The van der Waals surface area contributed by atoms with Gasteiger partial charge in [0.15, 0.2) is 0 Å². The van der Waals surface area contributed by atoms with E-state index in [1.54, 1.807) is 12.1 Å². The number of likely N-dealkylation sites (tertiary alicyclic amines) is 1. The van der Waals surface area contributed by atoms with Crippen LogP contribution in [0.4, 0.5) is 10.1 Å². The number of hydrogen-bond donors (Lipinski definition) is 2. The van der Waals surface area contributed by atoms with E-state index in [0.29, 0.717) is 13.0 Å². The van der Waals surface area contributed by atoms with Gasteiger partial charge < -0.3 is 5.32 Å². The Morgan fingerprint density at radius 2 is 2.08 bits per heavy atom. The summed E-state index contributed by atoms with van der Waals surface area (Å²) in [6.45, 7) is 1.32. The van der Waals surface area contributed by atoms with Gasteiger partial charge in [0.25, 0.3) is 0 Å². The first-order valence-electron chi connectivity index (χ1n) is 8.08. The van der Waals surface area contributed by atoms with E-state index in [-0.39, 0.29) is 24.2 Å². The van der Waals surface area contributed by atoms with Gasteiger partial charge in [-0.15, -0.1) is 0 Å². The lowest BCUT2D eigenvalue weighted by atomic mass is 9.99. The normalized spacial score (nSPS) is 19.2. The molecule has 0 bridgehead atoms. The molecule has 2 N–H and O–H groups in total. The monoisotopic (exact) mass is 357 g/mol. The second kappa shape index (κ2) is 8.55. The molecule has 1 aromatic carbocycles. The molecule has 0 spiro atoms. The summed E-state index contributed by atoms with van der Waals surface area (Å²) in [7, 11) is -3.20. The predicted molar refractivity (Wildman–Crippen MR) is 91.7 cm³/mol. The molecule has 1 aromatic rings. The van der Waals surface area contributed by atoms with Crippen molar-refractivity contribution in [3.63, 3.8) is 0 Å². The maximum absolute atomic E-state index is 13.6. The fraction of sp³-hybridized carbons (Fsp3) is 0.562. The number of amides is 1. The van der Waals surface area contributed by atoms with Crippen molar-refractivity contribution in [1.29, 1.82) is 0 Å². The summed E-state index contributed by atoms with van der Waals surface area (Å²) < 4.78 is 38.4. The molecule has 2 rings (SSSR count). The highest BCUT2D eigenvalue weighted by atomic mass is 32.2. The number of para-hydroxylation sites is 1. The topological polar surface area (TPSA) is 78.5 Å². The van der Waals surface area contributed by atoms with E-state index in [4.69, 9.17) is 0 Å². The van der Waals surface area contributed by atoms with Crippen molar-refractivity contribution in [2.24, 2.45) is 0 Å². The zero-order chi connectivity index (χ0) is 17.6. The summed E-state index contributed by atoms with van der Waals surface area (Å²) >= 11 is 0. The molecule has 1 aliphatic rings. The van der Waals surface area contributed by atoms with Gasteiger partial charge in [0.2, 0.25) is 15.9 Å². The number of anilines is 1. The standard InChI is InChI=1S/C16H24FN3O3S/c1-24(22,23)18-10-9-13-6-4-5-11-20(13)12-16(21)19-15-8-3-2-7-14(15)17/h2-3,7-8,13,18H,4-6,9-12H2,1H3,(H,19,21). The molecule has 1 atom stereocenters. The summed E-state index contributed by atoms with van der Waals surface area (Å²) in [5.74, 6) is -0.721. The van der Waals surface area contributed by atoms with Gasteiger partial charge in [-0.2, -0.15) is 0 Å². The van der Waals surface area contributed by atoms with Crippen molar-refractivity contribution < 1.29 is 17.6 Å². The lowest BCUT2D eigenvalue weighted by Gasteiger charge is -2.35. The largest absolute Gasteiger partial charge is 0.322 e. The van der Waals surface area contributed by atoms with E-state index in [0.717, 1.165) is 32.1 Å². The van der Waals surface area contributed by atoms with E-state index in [1.165, 1.54) is 12.1 Å². The van der Waals surface area contributed by atoms with Gasteiger partial charge in [0.1, 0.15) is 5.82 Å². The lowest BCUT2D eigenvalue weighted by Crippen LogP contribution is -2.45. The Kier molecular flexibility index (Phi) is 6.70. The van der Waals surface area contributed by atoms with Crippen LogP contribution < -0.4 is 10.0 Å². The summed E-state index contributed by atoms with van der Waals surface area (Å²) in [6, 6.07) is 6.21. The Bertz CT molecular complexity index is 666. The van der Waals surface area contributed by atoms with Crippen LogP contribution in [0.5, 0.6) is 0 Å². The highest BCUT2D eigenvalue weighted by Crippen LogP contribution is 2.20. The highest BCUT2D eigenvalue weighted by Gasteiger charge is 2.24. The third kappa shape index (κ3) is 6.18. The number of rotatable bonds is 7. The fourth-order valence-electron chi connectivity index (χ4n) is 2.94. The zero-order valence-corrected chi connectivity index (χ0v) is 14.6. The minimum atomic E-state index is -3.20. The van der Waals surface area contributed by atoms with Crippen LogP contribution >= 0.6 is 0 Å². The Morgan fingerprint density at radius 1 is 1.33 bits per heavy atom. The first-order chi connectivity index (χ1) is 11.3. The third-order valence-corrected chi connectivity index (χ3v) is 4.81. The molecule has 1 heterocycles. The molecule has 0 radical (unpaired) electrons. The van der Waals surface area contributed by atoms with Crippen molar-refractivity contribution in [2.75, 3.05) is 31.2 Å². The maximum Gasteiger partial charge on any atom is 0.238 e. The molecule has 1 fully saturated rings. The van der Waals surface area contributed by atoms with Gasteiger partial charge in [0.05, 0.1) is 18.5 Å². The van der Waals surface area contributed by atoms with Crippen molar-refractivity contribution in [1.82, 2.24) is 9.62 Å². The van der Waals surface area contributed by atoms with Crippen LogP contribution in [0.3, 0.4) is 0 Å². The van der Waals surface area contributed by atoms with Gasteiger partial charge in [-0.05, 0) is 37.9 Å². The maximum atomic E-state index is 13.6. The average molecular weight is 357 g/mol. The molecular weight excluding hydrogens is 333 g/mol. The molecule has 24 heavy (non-hydrogen) atoms. The number of sulfonamides is 1. The van der Waals surface area contributed by atoms with Gasteiger partial charge in [0, 0.05) is 12.6 Å². The van der Waals surface area contributed by atoms with E-state index < -0.39 is 15.8 Å². The van der Waals surface area contributed by atoms with Crippen molar-refractivity contribution in [3.8, 4) is 0 Å². The molecule has 8 heteroatoms. The molecule has 1 amide bonds. The third-order valence-electron chi connectivity index (χ3n) is 4.09. The molecular formula is C16H24FN3O3S. The number of hydrogen-bond acceptors (Lipinski definition) is 4.